The molecule has 1 aliphatic heterocycles. The predicted molar refractivity (Wildman–Crippen MR) is 60.7 cm³/mol. The molecule has 17 heavy (non-hydrogen) atoms. The van der Waals surface area contributed by atoms with E-state index in [9.17, 15) is 14.4 Å². The van der Waals surface area contributed by atoms with Crippen molar-refractivity contribution in [2.45, 2.75) is 13.0 Å². The molecular formula is C11H12N2O4. The van der Waals surface area contributed by atoms with Crippen LogP contribution in [0.4, 0.5) is 5.69 Å². The lowest BCUT2D eigenvalue weighted by atomic mass is 10.1. The normalized spacial score (nSPS) is 14.2. The summed E-state index contributed by atoms with van der Waals surface area (Å²) in [4.78, 5) is 31.3. The summed E-state index contributed by atoms with van der Waals surface area (Å²) in [6.45, 7) is 1.42. The number of para-hydroxylation sites is 1. The molecule has 0 aromatic heterocycles. The lowest BCUT2D eigenvalue weighted by molar-refractivity contribution is -0.138. The fraction of sp³-hybridized carbons (Fsp3) is 0.182. The standard InChI is InChI=1S/C8H5NO2.C3H7NO2/c10-7-5-3-1-2-4-6(5)9-8(7)11;1-2(4)3(5)6/h1-4H,(H,9,10,11);2H,4H2,1H3,(H,5,6)/t;2-/m.0/s1. The van der Waals surface area contributed by atoms with Crippen molar-refractivity contribution in [3.8, 4) is 0 Å². The summed E-state index contributed by atoms with van der Waals surface area (Å²) < 4.78 is 0. The van der Waals surface area contributed by atoms with Gasteiger partial charge in [0, 0.05) is 0 Å². The highest BCUT2D eigenvalue weighted by Crippen LogP contribution is 2.21. The Hall–Kier alpha value is -2.21. The van der Waals surface area contributed by atoms with Gasteiger partial charge in [-0.25, -0.2) is 0 Å². The van der Waals surface area contributed by atoms with E-state index in [2.05, 4.69) is 5.32 Å². The molecule has 1 aromatic carbocycles. The number of ketones is 1. The number of carboxylic acid groups (broad SMARTS) is 1. The maximum absolute atomic E-state index is 11.0. The molecule has 1 atom stereocenters. The molecule has 1 heterocycles. The molecule has 6 heteroatoms. The quantitative estimate of drug-likeness (QED) is 0.605. The Kier molecular flexibility index (Phi) is 3.95. The van der Waals surface area contributed by atoms with E-state index in [4.69, 9.17) is 10.8 Å². The largest absolute Gasteiger partial charge is 0.480 e. The van der Waals surface area contributed by atoms with Crippen molar-refractivity contribution < 1.29 is 19.5 Å². The molecule has 0 fully saturated rings. The summed E-state index contributed by atoms with van der Waals surface area (Å²) >= 11 is 0. The topological polar surface area (TPSA) is 109 Å². The Morgan fingerprint density at radius 1 is 1.35 bits per heavy atom. The van der Waals surface area contributed by atoms with E-state index in [1.54, 1.807) is 24.3 Å². The summed E-state index contributed by atoms with van der Waals surface area (Å²) in [5, 5.41) is 10.3. The van der Waals surface area contributed by atoms with Gasteiger partial charge >= 0.3 is 5.97 Å². The molecule has 1 aromatic rings. The summed E-state index contributed by atoms with van der Waals surface area (Å²) in [5.74, 6) is -1.94. The van der Waals surface area contributed by atoms with Gasteiger partial charge in [-0.15, -0.1) is 0 Å². The molecule has 0 unspecified atom stereocenters. The first kappa shape index (κ1) is 12.9. The lowest BCUT2D eigenvalue weighted by Crippen LogP contribution is -2.25. The van der Waals surface area contributed by atoms with Crippen LogP contribution in [0.2, 0.25) is 0 Å². The number of carbonyl (C=O) groups is 3. The Morgan fingerprint density at radius 2 is 1.88 bits per heavy atom. The zero-order valence-corrected chi connectivity index (χ0v) is 9.14. The van der Waals surface area contributed by atoms with Crippen LogP contribution in [-0.2, 0) is 9.59 Å². The second-order valence-electron chi connectivity index (χ2n) is 3.46. The van der Waals surface area contributed by atoms with E-state index in [-0.39, 0.29) is 0 Å². The zero-order chi connectivity index (χ0) is 13.0. The molecule has 4 N–H and O–H groups in total. The van der Waals surface area contributed by atoms with Crippen LogP contribution in [0, 0.1) is 0 Å². The van der Waals surface area contributed by atoms with Crippen LogP contribution in [0.15, 0.2) is 24.3 Å². The highest BCUT2D eigenvalue weighted by molar-refractivity contribution is 6.51. The lowest BCUT2D eigenvalue weighted by Gasteiger charge is -1.91. The van der Waals surface area contributed by atoms with Gasteiger partial charge in [0.15, 0.2) is 0 Å². The van der Waals surface area contributed by atoms with Gasteiger partial charge in [-0.2, -0.15) is 0 Å². The van der Waals surface area contributed by atoms with Crippen molar-refractivity contribution >= 4 is 23.3 Å². The average molecular weight is 236 g/mol. The number of rotatable bonds is 1. The number of anilines is 1. The smallest absolute Gasteiger partial charge is 0.320 e. The number of hydrogen-bond donors (Lipinski definition) is 3. The molecular weight excluding hydrogens is 224 g/mol. The number of hydrogen-bond acceptors (Lipinski definition) is 4. The molecule has 90 valence electrons. The molecule has 0 radical (unpaired) electrons. The molecule has 0 spiro atoms. The van der Waals surface area contributed by atoms with Crippen molar-refractivity contribution in [2.75, 3.05) is 5.32 Å². The number of nitrogens with two attached hydrogens (primary N) is 1. The summed E-state index contributed by atoms with van der Waals surface area (Å²) in [6.07, 6.45) is 0. The number of carbonyl (C=O) groups excluding carboxylic acids is 2. The van der Waals surface area contributed by atoms with Gasteiger partial charge in [0.2, 0.25) is 0 Å². The van der Waals surface area contributed by atoms with Crippen molar-refractivity contribution in [3.63, 3.8) is 0 Å². The summed E-state index contributed by atoms with van der Waals surface area (Å²) in [5.41, 5.74) is 5.92. The average Bonchev–Trinajstić information content (AvgIpc) is 2.56. The van der Waals surface area contributed by atoms with E-state index in [0.29, 0.717) is 11.3 Å². The minimum absolute atomic E-state index is 0.444. The fourth-order valence-electron chi connectivity index (χ4n) is 1.09. The first-order chi connectivity index (χ1) is 7.93. The Balaban J connectivity index is 0.000000209. The molecule has 1 amide bonds. The van der Waals surface area contributed by atoms with Gasteiger partial charge in [0.25, 0.3) is 11.7 Å². The third-order valence-corrected chi connectivity index (χ3v) is 2.02. The van der Waals surface area contributed by atoms with E-state index in [1.807, 2.05) is 0 Å². The van der Waals surface area contributed by atoms with E-state index in [1.165, 1.54) is 6.92 Å². The summed E-state index contributed by atoms with van der Waals surface area (Å²) in [7, 11) is 0. The van der Waals surface area contributed by atoms with Gasteiger partial charge in [0.1, 0.15) is 6.04 Å². The molecule has 6 nitrogen and oxygen atoms in total. The number of benzene rings is 1. The first-order valence-corrected chi connectivity index (χ1v) is 4.86. The van der Waals surface area contributed by atoms with Crippen LogP contribution >= 0.6 is 0 Å². The van der Waals surface area contributed by atoms with Crippen LogP contribution in [0.25, 0.3) is 0 Å². The van der Waals surface area contributed by atoms with Gasteiger partial charge in [-0.1, -0.05) is 12.1 Å². The van der Waals surface area contributed by atoms with Crippen molar-refractivity contribution in [3.05, 3.63) is 29.8 Å². The monoisotopic (exact) mass is 236 g/mol. The van der Waals surface area contributed by atoms with Crippen molar-refractivity contribution in [1.29, 1.82) is 0 Å². The Labute approximate surface area is 97.4 Å². The van der Waals surface area contributed by atoms with Gasteiger partial charge in [-0.05, 0) is 19.1 Å². The Morgan fingerprint density at radius 3 is 2.35 bits per heavy atom. The van der Waals surface area contributed by atoms with Crippen LogP contribution in [-0.4, -0.2) is 28.8 Å². The summed E-state index contributed by atoms with van der Waals surface area (Å²) in [6, 6.07) is 6.12. The number of Topliss-reactive ketones (excluding diaryl/α,β-unsaturated/α-hetero) is 1. The van der Waals surface area contributed by atoms with Gasteiger partial charge in [-0.3, -0.25) is 14.4 Å². The maximum atomic E-state index is 11.0. The first-order valence-electron chi connectivity index (χ1n) is 4.86. The third kappa shape index (κ3) is 3.12. The van der Waals surface area contributed by atoms with Gasteiger partial charge in [0.05, 0.1) is 11.3 Å². The van der Waals surface area contributed by atoms with Crippen LogP contribution in [0.5, 0.6) is 0 Å². The maximum Gasteiger partial charge on any atom is 0.320 e. The molecule has 0 saturated carbocycles. The zero-order valence-electron chi connectivity index (χ0n) is 9.14. The molecule has 0 saturated heterocycles. The van der Waals surface area contributed by atoms with Crippen LogP contribution in [0.3, 0.4) is 0 Å². The molecule has 0 aliphatic carbocycles. The second-order valence-corrected chi connectivity index (χ2v) is 3.46. The minimum Gasteiger partial charge on any atom is -0.480 e. The number of nitrogens with one attached hydrogen (secondary N) is 1. The number of carboxylic acids is 1. The van der Waals surface area contributed by atoms with Crippen LogP contribution < -0.4 is 11.1 Å². The minimum atomic E-state index is -0.963. The molecule has 1 aliphatic rings. The molecule has 2 rings (SSSR count). The number of fused-ring (bicyclic) bond motifs is 1. The highest BCUT2D eigenvalue weighted by Gasteiger charge is 2.26. The Bertz CT molecular complexity index is 468. The van der Waals surface area contributed by atoms with Gasteiger partial charge < -0.3 is 16.2 Å². The highest BCUT2D eigenvalue weighted by atomic mass is 16.4. The third-order valence-electron chi connectivity index (χ3n) is 2.02. The molecule has 0 bridgehead atoms. The SMILES string of the molecule is C[C@H](N)C(=O)O.O=C1Nc2ccccc2C1=O. The fourth-order valence-corrected chi connectivity index (χ4v) is 1.09. The van der Waals surface area contributed by atoms with Crippen molar-refractivity contribution in [2.24, 2.45) is 5.73 Å². The van der Waals surface area contributed by atoms with Crippen LogP contribution in [0.1, 0.15) is 17.3 Å². The van der Waals surface area contributed by atoms with E-state index in [0.717, 1.165) is 0 Å². The predicted octanol–water partition coefficient (Wildman–Crippen LogP) is 0.240. The number of amides is 1. The van der Waals surface area contributed by atoms with E-state index >= 15 is 0 Å². The second kappa shape index (κ2) is 5.22. The van der Waals surface area contributed by atoms with E-state index < -0.39 is 23.7 Å². The number of aliphatic carboxylic acids is 1. The van der Waals surface area contributed by atoms with Crippen molar-refractivity contribution in [1.82, 2.24) is 0 Å².